The van der Waals surface area contributed by atoms with E-state index in [-0.39, 0.29) is 5.91 Å². The van der Waals surface area contributed by atoms with Crippen LogP contribution < -0.4 is 14.8 Å². The van der Waals surface area contributed by atoms with E-state index in [1.165, 1.54) is 0 Å². The second-order valence-corrected chi connectivity index (χ2v) is 8.38. The van der Waals surface area contributed by atoms with Crippen molar-refractivity contribution < 1.29 is 14.3 Å². The Morgan fingerprint density at radius 3 is 2.35 bits per heavy atom. The monoisotopic (exact) mass is 459 g/mol. The van der Waals surface area contributed by atoms with Gasteiger partial charge in [0.1, 0.15) is 11.5 Å². The summed E-state index contributed by atoms with van der Waals surface area (Å²) in [6, 6.07) is 11.6. The molecule has 0 aliphatic rings. The summed E-state index contributed by atoms with van der Waals surface area (Å²) in [6.45, 7) is 7.91. The molecule has 2 heterocycles. The molecule has 8 heteroatoms. The van der Waals surface area contributed by atoms with Crippen molar-refractivity contribution in [2.75, 3.05) is 19.5 Å². The lowest BCUT2D eigenvalue weighted by Crippen LogP contribution is -2.15. The van der Waals surface area contributed by atoms with Crippen molar-refractivity contribution in [3.8, 4) is 22.9 Å². The fourth-order valence-corrected chi connectivity index (χ4v) is 3.95. The van der Waals surface area contributed by atoms with E-state index < -0.39 is 0 Å². The van der Waals surface area contributed by atoms with Crippen LogP contribution in [0.4, 0.5) is 5.69 Å². The van der Waals surface area contributed by atoms with E-state index in [9.17, 15) is 4.79 Å². The maximum atomic E-state index is 12.7. The zero-order valence-corrected chi connectivity index (χ0v) is 20.4. The van der Waals surface area contributed by atoms with Gasteiger partial charge in [-0.3, -0.25) is 4.79 Å². The number of hydrogen-bond acceptors (Lipinski definition) is 6. The van der Waals surface area contributed by atoms with Crippen molar-refractivity contribution in [1.29, 1.82) is 0 Å². The smallest absolute Gasteiger partial charge is 0.253 e. The Morgan fingerprint density at radius 1 is 0.971 bits per heavy atom. The predicted molar refractivity (Wildman–Crippen MR) is 132 cm³/mol. The zero-order chi connectivity index (χ0) is 24.4. The normalized spacial score (nSPS) is 11.0. The third kappa shape index (κ3) is 4.71. The van der Waals surface area contributed by atoms with Crippen molar-refractivity contribution in [3.05, 3.63) is 64.5 Å². The number of benzene rings is 2. The van der Waals surface area contributed by atoms with Crippen LogP contribution in [-0.4, -0.2) is 39.7 Å². The largest absolute Gasteiger partial charge is 0.497 e. The fraction of sp³-hybridized carbons (Fsp3) is 0.308. The number of amides is 1. The average Bonchev–Trinajstić information content (AvgIpc) is 3.25. The molecule has 0 unspecified atom stereocenters. The summed E-state index contributed by atoms with van der Waals surface area (Å²) in [4.78, 5) is 21.9. The number of carbonyl (C=O) groups is 1. The molecule has 0 saturated carbocycles. The topological polar surface area (TPSA) is 90.6 Å². The Hall–Kier alpha value is -3.94. The zero-order valence-electron chi connectivity index (χ0n) is 20.4. The summed E-state index contributed by atoms with van der Waals surface area (Å²) in [6.07, 6.45) is 0.899. The molecule has 0 fully saturated rings. The molecule has 2 aromatic heterocycles. The molecule has 0 atom stereocenters. The molecule has 4 rings (SSSR count). The maximum Gasteiger partial charge on any atom is 0.253 e. The van der Waals surface area contributed by atoms with Gasteiger partial charge in [0.15, 0.2) is 5.82 Å². The van der Waals surface area contributed by atoms with E-state index in [4.69, 9.17) is 9.47 Å². The molecular formula is C26H29N5O3. The van der Waals surface area contributed by atoms with E-state index in [2.05, 4.69) is 20.4 Å². The molecule has 0 radical (unpaired) electrons. The number of methoxy groups -OCH3 is 2. The third-order valence-electron chi connectivity index (χ3n) is 5.93. The number of rotatable bonds is 7. The standard InChI is InChI=1S/C26H29N5O3/c1-15-7-8-16(2)23(11-15)28-24(32)10-9-22-17(3)27-26-29-25(30-31(26)18(22)4)19-12-20(33-5)14-21(13-19)34-6/h7-8,11-14H,9-10H2,1-6H3,(H,28,32). The van der Waals surface area contributed by atoms with Gasteiger partial charge in [0.05, 0.1) is 14.2 Å². The summed E-state index contributed by atoms with van der Waals surface area (Å²) in [5.41, 5.74) is 6.51. The second-order valence-electron chi connectivity index (χ2n) is 8.38. The predicted octanol–water partition coefficient (Wildman–Crippen LogP) is 4.61. The first-order valence-corrected chi connectivity index (χ1v) is 11.1. The second kappa shape index (κ2) is 9.51. The fourth-order valence-electron chi connectivity index (χ4n) is 3.95. The van der Waals surface area contributed by atoms with Gasteiger partial charge in [-0.05, 0) is 69.0 Å². The quantitative estimate of drug-likeness (QED) is 0.434. The first-order chi connectivity index (χ1) is 16.3. The van der Waals surface area contributed by atoms with Crippen molar-refractivity contribution >= 4 is 17.4 Å². The molecule has 1 amide bonds. The first-order valence-electron chi connectivity index (χ1n) is 11.1. The van der Waals surface area contributed by atoms with Crippen LogP contribution in [0.25, 0.3) is 17.2 Å². The highest BCUT2D eigenvalue weighted by molar-refractivity contribution is 5.91. The van der Waals surface area contributed by atoms with Crippen LogP contribution in [-0.2, 0) is 11.2 Å². The Kier molecular flexibility index (Phi) is 6.49. The van der Waals surface area contributed by atoms with Crippen molar-refractivity contribution in [2.24, 2.45) is 0 Å². The highest BCUT2D eigenvalue weighted by atomic mass is 16.5. The van der Waals surface area contributed by atoms with Gasteiger partial charge in [0.25, 0.3) is 5.78 Å². The molecule has 4 aromatic rings. The minimum atomic E-state index is -0.0321. The first kappa shape index (κ1) is 23.2. The summed E-state index contributed by atoms with van der Waals surface area (Å²) in [5, 5.41) is 7.71. The van der Waals surface area contributed by atoms with Crippen molar-refractivity contribution in [2.45, 2.75) is 40.5 Å². The summed E-state index contributed by atoms with van der Waals surface area (Å²) >= 11 is 0. The van der Waals surface area contributed by atoms with Crippen LogP contribution in [0.1, 0.15) is 34.5 Å². The lowest BCUT2D eigenvalue weighted by molar-refractivity contribution is -0.116. The van der Waals surface area contributed by atoms with Crippen LogP contribution in [0.2, 0.25) is 0 Å². The lowest BCUT2D eigenvalue weighted by atomic mass is 10.1. The maximum absolute atomic E-state index is 12.7. The molecule has 0 bridgehead atoms. The molecule has 34 heavy (non-hydrogen) atoms. The number of nitrogens with zero attached hydrogens (tertiary/aromatic N) is 4. The van der Waals surface area contributed by atoms with Gasteiger partial charge >= 0.3 is 0 Å². The van der Waals surface area contributed by atoms with Gasteiger partial charge < -0.3 is 14.8 Å². The van der Waals surface area contributed by atoms with Crippen LogP contribution >= 0.6 is 0 Å². The molecule has 176 valence electrons. The summed E-state index contributed by atoms with van der Waals surface area (Å²) in [5.74, 6) is 2.32. The number of fused-ring (bicyclic) bond motifs is 1. The van der Waals surface area contributed by atoms with Gasteiger partial charge in [-0.2, -0.15) is 4.98 Å². The number of aryl methyl sites for hydroxylation is 4. The van der Waals surface area contributed by atoms with Crippen LogP contribution in [0.3, 0.4) is 0 Å². The van der Waals surface area contributed by atoms with Gasteiger partial charge in [0.2, 0.25) is 5.91 Å². The van der Waals surface area contributed by atoms with Gasteiger partial charge in [-0.25, -0.2) is 9.50 Å². The Morgan fingerprint density at radius 2 is 1.68 bits per heavy atom. The third-order valence-corrected chi connectivity index (χ3v) is 5.93. The van der Waals surface area contributed by atoms with Crippen molar-refractivity contribution in [3.63, 3.8) is 0 Å². The van der Waals surface area contributed by atoms with E-state index in [1.54, 1.807) is 24.8 Å². The SMILES string of the molecule is COc1cc(OC)cc(-c2nc3nc(C)c(CCC(=O)Nc4cc(C)ccc4C)c(C)n3n2)c1. The van der Waals surface area contributed by atoms with Gasteiger partial charge in [0, 0.05) is 35.1 Å². The molecular weight excluding hydrogens is 430 g/mol. The number of aromatic nitrogens is 4. The molecule has 0 aliphatic carbocycles. The van der Waals surface area contributed by atoms with Crippen LogP contribution in [0, 0.1) is 27.7 Å². The Balaban J connectivity index is 1.59. The van der Waals surface area contributed by atoms with Gasteiger partial charge in [-0.15, -0.1) is 5.10 Å². The molecule has 1 N–H and O–H groups in total. The molecule has 8 nitrogen and oxygen atoms in total. The van der Waals surface area contributed by atoms with Gasteiger partial charge in [-0.1, -0.05) is 12.1 Å². The van der Waals surface area contributed by atoms with E-state index in [0.717, 1.165) is 39.3 Å². The van der Waals surface area contributed by atoms with Crippen LogP contribution in [0.15, 0.2) is 36.4 Å². The minimum Gasteiger partial charge on any atom is -0.497 e. The number of hydrogen-bond donors (Lipinski definition) is 1. The van der Waals surface area contributed by atoms with Crippen molar-refractivity contribution in [1.82, 2.24) is 19.6 Å². The average molecular weight is 460 g/mol. The highest BCUT2D eigenvalue weighted by Crippen LogP contribution is 2.29. The summed E-state index contributed by atoms with van der Waals surface area (Å²) < 4.78 is 12.5. The van der Waals surface area contributed by atoms with E-state index >= 15 is 0 Å². The van der Waals surface area contributed by atoms with E-state index in [0.29, 0.717) is 35.9 Å². The molecule has 0 spiro atoms. The Bertz CT molecular complexity index is 1350. The summed E-state index contributed by atoms with van der Waals surface area (Å²) in [7, 11) is 3.21. The number of ether oxygens (including phenoxy) is 2. The highest BCUT2D eigenvalue weighted by Gasteiger charge is 2.17. The lowest BCUT2D eigenvalue weighted by Gasteiger charge is -2.12. The number of nitrogens with one attached hydrogen (secondary N) is 1. The number of anilines is 1. The Labute approximate surface area is 199 Å². The van der Waals surface area contributed by atoms with E-state index in [1.807, 2.05) is 58.0 Å². The molecule has 2 aromatic carbocycles. The molecule has 0 saturated heterocycles. The van der Waals surface area contributed by atoms with Crippen LogP contribution in [0.5, 0.6) is 11.5 Å². The minimum absolute atomic E-state index is 0.0321. The molecule has 0 aliphatic heterocycles. The number of carbonyl (C=O) groups excluding carboxylic acids is 1.